The zero-order valence-corrected chi connectivity index (χ0v) is 10.5. The monoisotopic (exact) mass is 326 g/mol. The highest BCUT2D eigenvalue weighted by atomic mass is 127. The van der Waals surface area contributed by atoms with Gasteiger partial charge in [0, 0.05) is 15.0 Å². The van der Waals surface area contributed by atoms with E-state index in [0.717, 1.165) is 18.2 Å². The van der Waals surface area contributed by atoms with Gasteiger partial charge in [-0.2, -0.15) is 0 Å². The van der Waals surface area contributed by atoms with Crippen LogP contribution in [0.5, 0.6) is 0 Å². The molecule has 0 radical (unpaired) electrons. The van der Waals surface area contributed by atoms with E-state index in [1.165, 1.54) is 4.70 Å². The van der Waals surface area contributed by atoms with Gasteiger partial charge in [-0.25, -0.2) is 0 Å². The summed E-state index contributed by atoms with van der Waals surface area (Å²) < 4.78 is 2.35. The summed E-state index contributed by atoms with van der Waals surface area (Å²) in [4.78, 5) is 0.983. The van der Waals surface area contributed by atoms with Gasteiger partial charge in [0.25, 0.3) is 0 Å². The third-order valence-corrected chi connectivity index (χ3v) is 4.82. The van der Waals surface area contributed by atoms with Crippen molar-refractivity contribution in [3.8, 4) is 0 Å². The molecule has 12 heavy (non-hydrogen) atoms. The molecule has 0 bridgehead atoms. The number of hydrogen-bond donors (Lipinski definition) is 1. The normalized spacial score (nSPS) is 10.9. The summed E-state index contributed by atoms with van der Waals surface area (Å²) in [5.41, 5.74) is 0. The van der Waals surface area contributed by atoms with Crippen LogP contribution >= 0.6 is 58.2 Å². The lowest BCUT2D eigenvalue weighted by Gasteiger charge is -1.90. The van der Waals surface area contributed by atoms with Gasteiger partial charge in [-0.3, -0.25) is 0 Å². The number of thiol groups is 1. The molecule has 0 saturated carbocycles. The van der Waals surface area contributed by atoms with Crippen LogP contribution in [-0.4, -0.2) is 0 Å². The van der Waals surface area contributed by atoms with Gasteiger partial charge in [0.05, 0.1) is 7.91 Å². The van der Waals surface area contributed by atoms with E-state index < -0.39 is 0 Å². The fourth-order valence-electron chi connectivity index (χ4n) is 1.02. The van der Waals surface area contributed by atoms with Crippen LogP contribution in [0.15, 0.2) is 23.1 Å². The molecule has 1 aromatic heterocycles. The lowest BCUT2D eigenvalue weighted by molar-refractivity contribution is 1.54. The zero-order chi connectivity index (χ0) is 8.72. The maximum Gasteiger partial charge on any atom is 0.0852 e. The molecule has 0 aliphatic rings. The SMILES string of the molecule is Sc1ccc2c(Cl)c(I)sc2c1. The first-order valence-electron chi connectivity index (χ1n) is 3.25. The number of fused-ring (bicyclic) bond motifs is 1. The van der Waals surface area contributed by atoms with Gasteiger partial charge >= 0.3 is 0 Å². The second kappa shape index (κ2) is 3.36. The quantitative estimate of drug-likeness (QED) is 0.537. The Morgan fingerprint density at radius 2 is 2.17 bits per heavy atom. The highest BCUT2D eigenvalue weighted by molar-refractivity contribution is 14.1. The third-order valence-electron chi connectivity index (χ3n) is 1.57. The fourth-order valence-corrected chi connectivity index (χ4v) is 3.51. The first kappa shape index (κ1) is 9.12. The van der Waals surface area contributed by atoms with Crippen LogP contribution in [0.1, 0.15) is 0 Å². The number of rotatable bonds is 0. The summed E-state index contributed by atoms with van der Waals surface area (Å²) in [5, 5.41) is 1.99. The summed E-state index contributed by atoms with van der Waals surface area (Å²) >= 11 is 14.3. The lowest BCUT2D eigenvalue weighted by Crippen LogP contribution is -1.65. The molecule has 2 aromatic rings. The molecule has 62 valence electrons. The van der Waals surface area contributed by atoms with Gasteiger partial charge in [0.2, 0.25) is 0 Å². The van der Waals surface area contributed by atoms with Crippen molar-refractivity contribution in [1.29, 1.82) is 0 Å². The Hall–Kier alpha value is 0.550. The summed E-state index contributed by atoms with van der Waals surface area (Å²) in [6, 6.07) is 6.01. The lowest BCUT2D eigenvalue weighted by atomic mass is 10.3. The third kappa shape index (κ3) is 1.47. The summed E-state index contributed by atoms with van der Waals surface area (Å²) in [6.45, 7) is 0. The van der Waals surface area contributed by atoms with E-state index in [2.05, 4.69) is 35.2 Å². The van der Waals surface area contributed by atoms with E-state index in [0.29, 0.717) is 0 Å². The number of thiophene rings is 1. The Balaban J connectivity index is 2.87. The van der Waals surface area contributed by atoms with Gasteiger partial charge in [0.15, 0.2) is 0 Å². The van der Waals surface area contributed by atoms with Crippen molar-refractivity contribution in [1.82, 2.24) is 0 Å². The van der Waals surface area contributed by atoms with Crippen molar-refractivity contribution >= 4 is 68.2 Å². The second-order valence-corrected chi connectivity index (χ2v) is 6.13. The van der Waals surface area contributed by atoms with Crippen LogP contribution in [0.25, 0.3) is 10.1 Å². The van der Waals surface area contributed by atoms with Crippen molar-refractivity contribution in [2.75, 3.05) is 0 Å². The Bertz CT molecular complexity index is 436. The molecule has 0 aliphatic heterocycles. The maximum absolute atomic E-state index is 6.07. The highest BCUT2D eigenvalue weighted by Crippen LogP contribution is 2.36. The number of hydrogen-bond acceptors (Lipinski definition) is 2. The Morgan fingerprint density at radius 1 is 1.42 bits per heavy atom. The van der Waals surface area contributed by atoms with E-state index in [1.807, 2.05) is 18.2 Å². The molecule has 4 heteroatoms. The standard InChI is InChI=1S/C8H4ClIS2/c9-7-5-2-1-4(11)3-6(5)12-8(7)10/h1-3,11H. The predicted octanol–water partition coefficient (Wildman–Crippen LogP) is 4.45. The van der Waals surface area contributed by atoms with Crippen LogP contribution in [-0.2, 0) is 0 Å². The molecule has 1 heterocycles. The average molecular weight is 327 g/mol. The Kier molecular flexibility index (Phi) is 2.56. The largest absolute Gasteiger partial charge is 0.143 e. The zero-order valence-electron chi connectivity index (χ0n) is 5.84. The Labute approximate surface area is 98.5 Å². The fraction of sp³-hybridized carbons (Fsp3) is 0. The second-order valence-electron chi connectivity index (χ2n) is 2.37. The van der Waals surface area contributed by atoms with Gasteiger partial charge in [0.1, 0.15) is 0 Å². The van der Waals surface area contributed by atoms with E-state index in [1.54, 1.807) is 11.3 Å². The van der Waals surface area contributed by atoms with Gasteiger partial charge in [-0.05, 0) is 34.7 Å². The van der Waals surface area contributed by atoms with Crippen LogP contribution in [0.4, 0.5) is 0 Å². The summed E-state index contributed by atoms with van der Waals surface area (Å²) in [7, 11) is 0. The highest BCUT2D eigenvalue weighted by Gasteiger charge is 2.06. The van der Waals surface area contributed by atoms with Crippen molar-refractivity contribution < 1.29 is 0 Å². The number of benzene rings is 1. The van der Waals surface area contributed by atoms with Gasteiger partial charge in [-0.15, -0.1) is 24.0 Å². The molecule has 0 unspecified atom stereocenters. The van der Waals surface area contributed by atoms with Gasteiger partial charge < -0.3 is 0 Å². The molecular weight excluding hydrogens is 323 g/mol. The van der Waals surface area contributed by atoms with Crippen molar-refractivity contribution in [3.63, 3.8) is 0 Å². The van der Waals surface area contributed by atoms with Crippen LogP contribution in [0.2, 0.25) is 5.02 Å². The van der Waals surface area contributed by atoms with Crippen LogP contribution in [0.3, 0.4) is 0 Å². The van der Waals surface area contributed by atoms with E-state index in [9.17, 15) is 0 Å². The molecule has 0 nitrogen and oxygen atoms in total. The summed E-state index contributed by atoms with van der Waals surface area (Å²) in [5.74, 6) is 0. The molecule has 2 rings (SSSR count). The molecule has 1 aromatic carbocycles. The molecule has 0 aliphatic carbocycles. The van der Waals surface area contributed by atoms with Crippen LogP contribution in [0, 0.1) is 2.88 Å². The molecule has 0 saturated heterocycles. The van der Waals surface area contributed by atoms with E-state index >= 15 is 0 Å². The van der Waals surface area contributed by atoms with Crippen molar-refractivity contribution in [3.05, 3.63) is 26.1 Å². The molecule has 0 spiro atoms. The van der Waals surface area contributed by atoms with E-state index in [4.69, 9.17) is 11.6 Å². The average Bonchev–Trinajstić information content (AvgIpc) is 2.28. The first-order valence-corrected chi connectivity index (χ1v) is 5.97. The predicted molar refractivity (Wildman–Crippen MR) is 66.8 cm³/mol. The van der Waals surface area contributed by atoms with Crippen molar-refractivity contribution in [2.24, 2.45) is 0 Å². The first-order chi connectivity index (χ1) is 5.68. The molecule has 0 N–H and O–H groups in total. The van der Waals surface area contributed by atoms with Crippen molar-refractivity contribution in [2.45, 2.75) is 4.90 Å². The minimum absolute atomic E-state index is 0.865. The Morgan fingerprint density at radius 3 is 2.92 bits per heavy atom. The topological polar surface area (TPSA) is 0 Å². The molecule has 0 fully saturated rings. The smallest absolute Gasteiger partial charge is 0.0852 e. The molecule has 0 amide bonds. The number of halogens is 2. The summed E-state index contributed by atoms with van der Waals surface area (Å²) in [6.07, 6.45) is 0. The van der Waals surface area contributed by atoms with Gasteiger partial charge in [-0.1, -0.05) is 17.7 Å². The van der Waals surface area contributed by atoms with Crippen LogP contribution < -0.4 is 0 Å². The molecular formula is C8H4ClIS2. The van der Waals surface area contributed by atoms with E-state index in [-0.39, 0.29) is 0 Å². The maximum atomic E-state index is 6.07. The minimum Gasteiger partial charge on any atom is -0.143 e. The molecule has 0 atom stereocenters. The minimum atomic E-state index is 0.865.